The molecule has 1 unspecified atom stereocenters. The fourth-order valence-corrected chi connectivity index (χ4v) is 6.72. The molecule has 8 nitrogen and oxygen atoms in total. The molecule has 0 spiro atoms. The molecule has 2 N–H and O–H groups in total. The highest BCUT2D eigenvalue weighted by Crippen LogP contribution is 2.49. The van der Waals surface area contributed by atoms with Gasteiger partial charge in [0.15, 0.2) is 9.84 Å². The van der Waals surface area contributed by atoms with Gasteiger partial charge in [0.1, 0.15) is 23.2 Å². The number of benzene rings is 3. The summed E-state index contributed by atoms with van der Waals surface area (Å²) in [6, 6.07) is 16.8. The first-order valence-corrected chi connectivity index (χ1v) is 16.2. The molecule has 0 radical (unpaired) electrons. The van der Waals surface area contributed by atoms with Gasteiger partial charge >= 0.3 is 0 Å². The molecule has 6 rings (SSSR count). The molecule has 5 aromatic rings. The van der Waals surface area contributed by atoms with Crippen LogP contribution in [-0.2, 0) is 33.9 Å². The fraction of sp³-hybridized carbons (Fsp3) is 0.212. The summed E-state index contributed by atoms with van der Waals surface area (Å²) >= 11 is 0. The predicted molar refractivity (Wildman–Crippen MR) is 167 cm³/mol. The highest BCUT2D eigenvalue weighted by Gasteiger charge is 2.38. The molecule has 226 valence electrons. The summed E-state index contributed by atoms with van der Waals surface area (Å²) in [7, 11) is -1.81. The molecule has 1 aliphatic rings. The van der Waals surface area contributed by atoms with Crippen molar-refractivity contribution in [2.24, 2.45) is 7.05 Å². The summed E-state index contributed by atoms with van der Waals surface area (Å²) < 4.78 is 55.5. The van der Waals surface area contributed by atoms with E-state index in [-0.39, 0.29) is 22.5 Å². The number of carbonyl (C=O) groups is 1. The van der Waals surface area contributed by atoms with E-state index in [4.69, 9.17) is 0 Å². The summed E-state index contributed by atoms with van der Waals surface area (Å²) in [4.78, 5) is 31.9. The zero-order valence-corrected chi connectivity index (χ0v) is 24.9. The van der Waals surface area contributed by atoms with Crippen molar-refractivity contribution in [2.75, 3.05) is 17.7 Å². The number of nitrogens with one attached hydrogen (secondary N) is 2. The quantitative estimate of drug-likeness (QED) is 0.231. The van der Waals surface area contributed by atoms with E-state index in [1.165, 1.54) is 15.5 Å². The van der Waals surface area contributed by atoms with Crippen LogP contribution in [0, 0.1) is 11.6 Å². The van der Waals surface area contributed by atoms with E-state index >= 15 is 4.39 Å². The van der Waals surface area contributed by atoms with Crippen molar-refractivity contribution < 1.29 is 22.0 Å². The maximum Gasteiger partial charge on any atom is 0.274 e. The Bertz CT molecular complexity index is 2070. The van der Waals surface area contributed by atoms with E-state index in [2.05, 4.69) is 10.3 Å². The molecule has 0 fully saturated rings. The summed E-state index contributed by atoms with van der Waals surface area (Å²) in [6.07, 6.45) is 5.72. The first kappa shape index (κ1) is 29.3. The third-order valence-corrected chi connectivity index (χ3v) is 8.69. The van der Waals surface area contributed by atoms with E-state index in [0.717, 1.165) is 30.4 Å². The number of hydrogen-bond donors (Lipinski definition) is 2. The zero-order valence-electron chi connectivity index (χ0n) is 24.1. The van der Waals surface area contributed by atoms with Crippen LogP contribution in [0.4, 0.5) is 20.2 Å². The van der Waals surface area contributed by atoms with E-state index in [1.54, 1.807) is 37.6 Å². The number of rotatable bonds is 8. The molecular weight excluding hydrogens is 586 g/mol. The molecule has 0 saturated heterocycles. The SMILES string of the molecule is Cn1cc2c3c(c[nH]c3c1=O)C(C(=O)NCCCc1ccccc1)N(c1ccc(F)cc1F)c1ccc(CS(C)(=O)=O)cc1-2. The summed E-state index contributed by atoms with van der Waals surface area (Å²) in [6.45, 7) is 0.334. The van der Waals surface area contributed by atoms with Gasteiger partial charge in [-0.2, -0.15) is 0 Å². The number of carbonyl (C=O) groups excluding carboxylic acids is 1. The number of aromatic nitrogens is 2. The summed E-state index contributed by atoms with van der Waals surface area (Å²) in [5.41, 5.74) is 3.37. The molecule has 0 bridgehead atoms. The standard InChI is InChI=1S/C33H30F2N4O4S/c1-38-18-25-23-15-21(19-44(2,42)43)10-12-27(23)39(28-13-11-22(34)16-26(28)35)31(24-17-37-30(29(24)25)33(38)41)32(40)36-14-6-9-20-7-4-3-5-8-20/h3-5,7-8,10-13,15-18,31,37H,6,9,14,19H2,1-2H3,(H,36,40). The number of aryl methyl sites for hydroxylation is 2. The van der Waals surface area contributed by atoms with Gasteiger partial charge in [0, 0.05) is 60.4 Å². The number of halogens is 2. The van der Waals surface area contributed by atoms with Gasteiger partial charge in [0.05, 0.1) is 17.1 Å². The maximum absolute atomic E-state index is 15.6. The monoisotopic (exact) mass is 616 g/mol. The van der Waals surface area contributed by atoms with Crippen molar-refractivity contribution in [3.05, 3.63) is 118 Å². The molecule has 3 heterocycles. The lowest BCUT2D eigenvalue weighted by Crippen LogP contribution is -2.39. The van der Waals surface area contributed by atoms with E-state index < -0.39 is 33.4 Å². The lowest BCUT2D eigenvalue weighted by Gasteiger charge is -2.33. The van der Waals surface area contributed by atoms with Crippen LogP contribution < -0.4 is 15.8 Å². The van der Waals surface area contributed by atoms with Crippen LogP contribution in [0.5, 0.6) is 0 Å². The van der Waals surface area contributed by atoms with E-state index in [1.807, 2.05) is 30.3 Å². The number of sulfone groups is 1. The number of fused-ring (bicyclic) bond motifs is 2. The van der Waals surface area contributed by atoms with Crippen LogP contribution in [0.2, 0.25) is 0 Å². The molecule has 1 amide bonds. The van der Waals surface area contributed by atoms with Gasteiger partial charge in [-0.1, -0.05) is 36.4 Å². The Balaban J connectivity index is 1.54. The van der Waals surface area contributed by atoms with Crippen LogP contribution in [0.1, 0.15) is 29.2 Å². The van der Waals surface area contributed by atoms with Crippen LogP contribution in [0.25, 0.3) is 22.0 Å². The van der Waals surface area contributed by atoms with Gasteiger partial charge < -0.3 is 19.8 Å². The Morgan fingerprint density at radius 3 is 2.45 bits per heavy atom. The molecule has 0 aliphatic carbocycles. The molecule has 0 saturated carbocycles. The van der Waals surface area contributed by atoms with Crippen molar-refractivity contribution in [3.63, 3.8) is 0 Å². The Morgan fingerprint density at radius 1 is 0.977 bits per heavy atom. The Morgan fingerprint density at radius 2 is 1.73 bits per heavy atom. The molecule has 11 heteroatoms. The van der Waals surface area contributed by atoms with Crippen LogP contribution >= 0.6 is 0 Å². The Kier molecular flexibility index (Phi) is 7.58. The van der Waals surface area contributed by atoms with Gasteiger partial charge in [-0.05, 0) is 48.2 Å². The predicted octanol–water partition coefficient (Wildman–Crippen LogP) is 5.30. The van der Waals surface area contributed by atoms with Gasteiger partial charge in [-0.3, -0.25) is 9.59 Å². The fourth-order valence-electron chi connectivity index (χ4n) is 5.94. The van der Waals surface area contributed by atoms with Gasteiger partial charge in [-0.25, -0.2) is 17.2 Å². The first-order chi connectivity index (χ1) is 21.0. The van der Waals surface area contributed by atoms with Gasteiger partial charge in [-0.15, -0.1) is 0 Å². The minimum atomic E-state index is -3.40. The van der Waals surface area contributed by atoms with Crippen molar-refractivity contribution in [2.45, 2.75) is 24.6 Å². The number of pyridine rings is 1. The molecule has 3 aromatic carbocycles. The lowest BCUT2D eigenvalue weighted by molar-refractivity contribution is -0.122. The average molecular weight is 617 g/mol. The minimum absolute atomic E-state index is 0.0539. The largest absolute Gasteiger partial charge is 0.356 e. The Hall–Kier alpha value is -4.77. The number of nitrogens with zero attached hydrogens (tertiary/aromatic N) is 2. The van der Waals surface area contributed by atoms with Gasteiger partial charge in [0.2, 0.25) is 5.91 Å². The molecule has 44 heavy (non-hydrogen) atoms. The van der Waals surface area contributed by atoms with E-state index in [0.29, 0.717) is 46.3 Å². The summed E-state index contributed by atoms with van der Waals surface area (Å²) in [5.74, 6) is -2.35. The normalized spacial score (nSPS) is 14.4. The second kappa shape index (κ2) is 11.4. The number of anilines is 2. The highest BCUT2D eigenvalue weighted by molar-refractivity contribution is 7.89. The highest BCUT2D eigenvalue weighted by atomic mass is 32.2. The molecule has 2 aromatic heterocycles. The number of aromatic amines is 1. The van der Waals surface area contributed by atoms with E-state index in [9.17, 15) is 22.4 Å². The third-order valence-electron chi connectivity index (χ3n) is 7.83. The van der Waals surface area contributed by atoms with Crippen molar-refractivity contribution in [1.29, 1.82) is 0 Å². The number of H-pyrrole nitrogens is 1. The van der Waals surface area contributed by atoms with Gasteiger partial charge in [0.25, 0.3) is 5.56 Å². The van der Waals surface area contributed by atoms with Crippen LogP contribution in [-0.4, -0.2) is 36.7 Å². The molecular formula is C33H30F2N4O4S. The number of hydrogen-bond acceptors (Lipinski definition) is 5. The third kappa shape index (κ3) is 5.50. The second-order valence-electron chi connectivity index (χ2n) is 11.1. The first-order valence-electron chi connectivity index (χ1n) is 14.1. The van der Waals surface area contributed by atoms with Crippen molar-refractivity contribution >= 4 is 38.0 Å². The van der Waals surface area contributed by atoms with Crippen LogP contribution in [0.3, 0.4) is 0 Å². The Labute approximate surface area is 252 Å². The topological polar surface area (TPSA) is 104 Å². The molecule has 1 atom stereocenters. The average Bonchev–Trinajstić information content (AvgIpc) is 3.37. The zero-order chi connectivity index (χ0) is 31.2. The maximum atomic E-state index is 15.6. The van der Waals surface area contributed by atoms with Crippen molar-refractivity contribution in [1.82, 2.24) is 14.9 Å². The molecule has 1 aliphatic heterocycles. The van der Waals surface area contributed by atoms with Crippen molar-refractivity contribution in [3.8, 4) is 11.1 Å². The second-order valence-corrected chi connectivity index (χ2v) is 13.3. The number of amides is 1. The van der Waals surface area contributed by atoms with Crippen LogP contribution in [0.15, 0.2) is 83.9 Å². The lowest BCUT2D eigenvalue weighted by atomic mass is 9.98. The smallest absolute Gasteiger partial charge is 0.274 e. The summed E-state index contributed by atoms with van der Waals surface area (Å²) in [5, 5.41) is 3.46. The minimum Gasteiger partial charge on any atom is -0.356 e.